The van der Waals surface area contributed by atoms with Gasteiger partial charge in [-0.2, -0.15) is 0 Å². The van der Waals surface area contributed by atoms with Crippen LogP contribution in [0.3, 0.4) is 0 Å². The largest absolute Gasteiger partial charge is 0.352 e. The van der Waals surface area contributed by atoms with E-state index >= 15 is 0 Å². The van der Waals surface area contributed by atoms with Crippen molar-refractivity contribution in [2.45, 2.75) is 25.6 Å². The van der Waals surface area contributed by atoms with E-state index in [4.69, 9.17) is 35.4 Å². The van der Waals surface area contributed by atoms with E-state index in [1.54, 1.807) is 21.3 Å². The first-order valence-corrected chi connectivity index (χ1v) is 8.02. The summed E-state index contributed by atoms with van der Waals surface area (Å²) < 4.78 is 3.77. The van der Waals surface area contributed by atoms with Gasteiger partial charge in [-0.05, 0) is 38.2 Å². The summed E-state index contributed by atoms with van der Waals surface area (Å²) in [6, 6.07) is 1.98. The summed E-state index contributed by atoms with van der Waals surface area (Å²) in [7, 11) is 1.84. The highest BCUT2D eigenvalue weighted by atomic mass is 35.5. The minimum Gasteiger partial charge on any atom is -0.352 e. The normalized spacial score (nSPS) is 14.7. The van der Waals surface area contributed by atoms with Crippen LogP contribution in [0.2, 0.25) is 10.0 Å². The van der Waals surface area contributed by atoms with Crippen molar-refractivity contribution in [2.24, 2.45) is 0 Å². The summed E-state index contributed by atoms with van der Waals surface area (Å²) in [5, 5.41) is 8.26. The zero-order valence-corrected chi connectivity index (χ0v) is 14.3. The van der Waals surface area contributed by atoms with Crippen LogP contribution in [0.1, 0.15) is 12.8 Å². The van der Waals surface area contributed by atoms with Gasteiger partial charge in [-0.3, -0.25) is 14.1 Å². The Kier molecular flexibility index (Phi) is 4.40. The molecule has 2 heterocycles. The maximum atomic E-state index is 11.8. The second kappa shape index (κ2) is 6.16. The van der Waals surface area contributed by atoms with E-state index in [0.29, 0.717) is 39.7 Å². The molecule has 1 aliphatic carbocycles. The number of hydrogen-bond donors (Lipinski definition) is 1. The van der Waals surface area contributed by atoms with Crippen LogP contribution < -0.4 is 5.32 Å². The highest BCUT2D eigenvalue weighted by Gasteiger charge is 2.23. The zero-order valence-electron chi connectivity index (χ0n) is 11.9. The molecule has 6 nitrogen and oxygen atoms in total. The number of carbonyl (C=O) groups excluding carboxylic acids is 1. The third-order valence-corrected chi connectivity index (χ3v) is 4.22. The molecule has 0 aliphatic heterocycles. The molecule has 0 aromatic carbocycles. The molecular weight excluding hydrogens is 345 g/mol. The number of rotatable bonds is 5. The summed E-state index contributed by atoms with van der Waals surface area (Å²) in [5.74, 6) is 0.0151. The molecule has 1 fully saturated rings. The Labute approximate surface area is 142 Å². The van der Waals surface area contributed by atoms with Crippen molar-refractivity contribution >= 4 is 47.0 Å². The molecular formula is C13H15Cl2N5OS. The van der Waals surface area contributed by atoms with E-state index in [-0.39, 0.29) is 5.91 Å². The summed E-state index contributed by atoms with van der Waals surface area (Å²) in [6.07, 6.45) is 3.83. The highest BCUT2D eigenvalue weighted by molar-refractivity contribution is 7.71. The minimum absolute atomic E-state index is 0.0151. The third kappa shape index (κ3) is 3.43. The quantitative estimate of drug-likeness (QED) is 0.832. The number of fused-ring (bicyclic) bond motifs is 1. The van der Waals surface area contributed by atoms with Crippen molar-refractivity contribution in [1.82, 2.24) is 24.4 Å². The number of aromatic nitrogens is 3. The van der Waals surface area contributed by atoms with Crippen LogP contribution in [0.4, 0.5) is 0 Å². The standard InChI is InChI=1S/C13H15Cl2N5OS/c1-18(6-11(21)16-9-2-3-9)7-20-13(22)19-5-8(14)4-10(15)12(19)17-20/h4-5,9H,2-3,6-7H2,1H3,(H,16,21). The van der Waals surface area contributed by atoms with Gasteiger partial charge in [0.1, 0.15) is 0 Å². The molecule has 1 N–H and O–H groups in total. The van der Waals surface area contributed by atoms with Crippen LogP contribution in [-0.2, 0) is 11.5 Å². The average molecular weight is 360 g/mol. The Morgan fingerprint density at radius 1 is 1.55 bits per heavy atom. The lowest BCUT2D eigenvalue weighted by Crippen LogP contribution is -2.37. The molecule has 0 radical (unpaired) electrons. The molecule has 2 aromatic rings. The number of likely N-dealkylation sites (N-methyl/N-ethyl adjacent to an activating group) is 1. The number of hydrogen-bond acceptors (Lipinski definition) is 4. The smallest absolute Gasteiger partial charge is 0.234 e. The average Bonchev–Trinajstić information content (AvgIpc) is 3.17. The van der Waals surface area contributed by atoms with E-state index in [9.17, 15) is 4.79 Å². The molecule has 1 amide bonds. The molecule has 3 rings (SSSR count). The number of nitrogens with zero attached hydrogens (tertiary/aromatic N) is 4. The van der Waals surface area contributed by atoms with Crippen LogP contribution in [0.25, 0.3) is 5.65 Å². The number of amides is 1. The molecule has 0 atom stereocenters. The predicted molar refractivity (Wildman–Crippen MR) is 87.8 cm³/mol. The van der Waals surface area contributed by atoms with Gasteiger partial charge < -0.3 is 5.32 Å². The van der Waals surface area contributed by atoms with Crippen molar-refractivity contribution in [3.63, 3.8) is 0 Å². The Morgan fingerprint density at radius 2 is 2.27 bits per heavy atom. The Hall–Kier alpha value is -1.15. The van der Waals surface area contributed by atoms with Crippen LogP contribution in [0, 0.1) is 4.77 Å². The maximum Gasteiger partial charge on any atom is 0.234 e. The summed E-state index contributed by atoms with van der Waals surface area (Å²) in [5.41, 5.74) is 0.548. The fourth-order valence-corrected chi connectivity index (χ4v) is 2.91. The van der Waals surface area contributed by atoms with Gasteiger partial charge >= 0.3 is 0 Å². The van der Waals surface area contributed by atoms with Crippen molar-refractivity contribution in [3.8, 4) is 0 Å². The second-order valence-corrected chi connectivity index (χ2v) is 6.69. The monoisotopic (exact) mass is 359 g/mol. The van der Waals surface area contributed by atoms with Crippen LogP contribution in [0.5, 0.6) is 0 Å². The van der Waals surface area contributed by atoms with E-state index in [2.05, 4.69) is 10.4 Å². The van der Waals surface area contributed by atoms with Crippen molar-refractivity contribution in [1.29, 1.82) is 0 Å². The van der Waals surface area contributed by atoms with Gasteiger partial charge in [0, 0.05) is 12.2 Å². The van der Waals surface area contributed by atoms with Gasteiger partial charge in [-0.25, -0.2) is 4.68 Å². The lowest BCUT2D eigenvalue weighted by atomic mass is 10.5. The topological polar surface area (TPSA) is 54.6 Å². The lowest BCUT2D eigenvalue weighted by Gasteiger charge is -2.15. The van der Waals surface area contributed by atoms with Crippen LogP contribution >= 0.6 is 35.4 Å². The molecule has 0 saturated heterocycles. The third-order valence-electron chi connectivity index (χ3n) is 3.33. The molecule has 9 heteroatoms. The first-order chi connectivity index (χ1) is 10.4. The maximum absolute atomic E-state index is 11.8. The molecule has 0 bridgehead atoms. The molecule has 1 saturated carbocycles. The van der Waals surface area contributed by atoms with Gasteiger partial charge in [-0.15, -0.1) is 5.10 Å². The second-order valence-electron chi connectivity index (χ2n) is 5.48. The van der Waals surface area contributed by atoms with Gasteiger partial charge in [0.15, 0.2) is 5.65 Å². The molecule has 1 aliphatic rings. The fraction of sp³-hybridized carbons (Fsp3) is 0.462. The number of halogens is 2. The van der Waals surface area contributed by atoms with Crippen LogP contribution in [-0.4, -0.2) is 44.6 Å². The number of carbonyl (C=O) groups is 1. The Bertz CT molecular complexity index is 783. The minimum atomic E-state index is 0.0151. The summed E-state index contributed by atoms with van der Waals surface area (Å²) in [4.78, 5) is 13.6. The number of pyridine rings is 1. The van der Waals surface area contributed by atoms with Crippen molar-refractivity contribution in [3.05, 3.63) is 27.1 Å². The summed E-state index contributed by atoms with van der Waals surface area (Å²) in [6.45, 7) is 0.688. The Balaban J connectivity index is 1.75. The van der Waals surface area contributed by atoms with Gasteiger partial charge in [0.25, 0.3) is 0 Å². The van der Waals surface area contributed by atoms with Gasteiger partial charge in [0.2, 0.25) is 10.7 Å². The molecule has 22 heavy (non-hydrogen) atoms. The van der Waals surface area contributed by atoms with E-state index in [1.807, 2.05) is 11.9 Å². The molecule has 2 aromatic heterocycles. The van der Waals surface area contributed by atoms with E-state index in [1.165, 1.54) is 0 Å². The van der Waals surface area contributed by atoms with Crippen molar-refractivity contribution in [2.75, 3.05) is 13.6 Å². The highest BCUT2D eigenvalue weighted by Crippen LogP contribution is 2.21. The van der Waals surface area contributed by atoms with E-state index < -0.39 is 0 Å². The van der Waals surface area contributed by atoms with Crippen molar-refractivity contribution < 1.29 is 4.79 Å². The predicted octanol–water partition coefficient (Wildman–Crippen LogP) is 2.34. The first-order valence-electron chi connectivity index (χ1n) is 6.86. The first kappa shape index (κ1) is 15.7. The van der Waals surface area contributed by atoms with Crippen LogP contribution in [0.15, 0.2) is 12.3 Å². The number of nitrogens with one attached hydrogen (secondary N) is 1. The Morgan fingerprint density at radius 3 is 2.95 bits per heavy atom. The molecule has 0 spiro atoms. The summed E-state index contributed by atoms with van der Waals surface area (Å²) >= 11 is 17.5. The van der Waals surface area contributed by atoms with Gasteiger partial charge in [0.05, 0.1) is 23.3 Å². The van der Waals surface area contributed by atoms with Gasteiger partial charge in [-0.1, -0.05) is 23.2 Å². The molecule has 118 valence electrons. The SMILES string of the molecule is CN(CC(=O)NC1CC1)Cn1nc2c(Cl)cc(Cl)cn2c1=S. The zero-order chi connectivity index (χ0) is 15.9. The van der Waals surface area contributed by atoms with E-state index in [0.717, 1.165) is 12.8 Å². The fourth-order valence-electron chi connectivity index (χ4n) is 2.16. The lowest BCUT2D eigenvalue weighted by molar-refractivity contribution is -0.122. The molecule has 0 unspecified atom stereocenters.